The Labute approximate surface area is 187 Å². The van der Waals surface area contributed by atoms with Crippen LogP contribution < -0.4 is 5.73 Å². The van der Waals surface area contributed by atoms with E-state index in [2.05, 4.69) is 24.1 Å². The average Bonchev–Trinajstić information content (AvgIpc) is 2.73. The third-order valence-corrected chi connectivity index (χ3v) is 5.11. The maximum Gasteiger partial charge on any atom is 0.303 e. The van der Waals surface area contributed by atoms with Gasteiger partial charge in [0.05, 0.1) is 6.10 Å². The topological polar surface area (TPSA) is 95.9 Å². The molecule has 0 aliphatic carbocycles. The summed E-state index contributed by atoms with van der Waals surface area (Å²) in [5.41, 5.74) is 9.36. The number of carbonyl (C=O) groups is 1. The molecule has 0 bridgehead atoms. The molecule has 0 aliphatic heterocycles. The third kappa shape index (κ3) is 11.0. The summed E-state index contributed by atoms with van der Waals surface area (Å²) in [6, 6.07) is 6.04. The van der Waals surface area contributed by atoms with Gasteiger partial charge in [-0.3, -0.25) is 9.79 Å². The highest BCUT2D eigenvalue weighted by Gasteiger charge is 2.13. The van der Waals surface area contributed by atoms with E-state index < -0.39 is 12.1 Å². The Bertz CT molecular complexity index is 751. The SMILES string of the molecule is CCCCCCC/C=C/c1cc(/C(C=NC(C)C)=C/N)ccc1C(O)CCCC(=O)O. The van der Waals surface area contributed by atoms with Crippen LogP contribution >= 0.6 is 0 Å². The molecule has 1 unspecified atom stereocenters. The summed E-state index contributed by atoms with van der Waals surface area (Å²) in [6.45, 7) is 6.23. The van der Waals surface area contributed by atoms with Crippen molar-refractivity contribution in [1.29, 1.82) is 0 Å². The minimum absolute atomic E-state index is 0.0593. The largest absolute Gasteiger partial charge is 0.481 e. The number of hydrogen-bond donors (Lipinski definition) is 3. The Kier molecular flexibility index (Phi) is 13.2. The molecule has 172 valence electrons. The van der Waals surface area contributed by atoms with E-state index in [1.165, 1.54) is 25.7 Å². The molecule has 31 heavy (non-hydrogen) atoms. The number of hydrogen-bond acceptors (Lipinski definition) is 4. The highest BCUT2D eigenvalue weighted by molar-refractivity contribution is 6.09. The number of carboxylic acid groups (broad SMARTS) is 1. The second kappa shape index (κ2) is 15.4. The summed E-state index contributed by atoms with van der Waals surface area (Å²) in [6.07, 6.45) is 14.9. The van der Waals surface area contributed by atoms with Gasteiger partial charge in [-0.15, -0.1) is 0 Å². The lowest BCUT2D eigenvalue weighted by Crippen LogP contribution is -2.04. The molecule has 0 heterocycles. The number of aliphatic imine (C=N–C) groups is 1. The van der Waals surface area contributed by atoms with E-state index in [4.69, 9.17) is 10.8 Å². The second-order valence-electron chi connectivity index (χ2n) is 8.24. The zero-order chi connectivity index (χ0) is 23.1. The predicted octanol–water partition coefficient (Wildman–Crippen LogP) is 6.13. The molecule has 0 aromatic heterocycles. The quantitative estimate of drug-likeness (QED) is 0.231. The minimum atomic E-state index is -0.840. The molecule has 1 aromatic rings. The summed E-state index contributed by atoms with van der Waals surface area (Å²) < 4.78 is 0. The summed E-state index contributed by atoms with van der Waals surface area (Å²) in [7, 11) is 0. The van der Waals surface area contributed by atoms with Crippen molar-refractivity contribution in [2.75, 3.05) is 0 Å². The minimum Gasteiger partial charge on any atom is -0.481 e. The fourth-order valence-electron chi connectivity index (χ4n) is 3.32. The number of nitrogens with two attached hydrogens (primary N) is 1. The van der Waals surface area contributed by atoms with Crippen LogP contribution in [0.5, 0.6) is 0 Å². The van der Waals surface area contributed by atoms with Gasteiger partial charge in [0.15, 0.2) is 0 Å². The second-order valence-corrected chi connectivity index (χ2v) is 8.24. The van der Waals surface area contributed by atoms with Crippen molar-refractivity contribution in [1.82, 2.24) is 0 Å². The van der Waals surface area contributed by atoms with Crippen molar-refractivity contribution in [3.8, 4) is 0 Å². The summed E-state index contributed by atoms with van der Waals surface area (Å²) >= 11 is 0. The van der Waals surface area contributed by atoms with E-state index in [1.807, 2.05) is 32.0 Å². The van der Waals surface area contributed by atoms with Crippen LogP contribution in [0.25, 0.3) is 11.6 Å². The first kappa shape index (κ1) is 26.6. The monoisotopic (exact) mass is 428 g/mol. The van der Waals surface area contributed by atoms with Gasteiger partial charge in [-0.25, -0.2) is 0 Å². The van der Waals surface area contributed by atoms with E-state index in [0.29, 0.717) is 12.8 Å². The molecule has 1 rings (SSSR count). The van der Waals surface area contributed by atoms with Crippen LogP contribution in [0, 0.1) is 0 Å². The molecule has 5 nitrogen and oxygen atoms in total. The average molecular weight is 429 g/mol. The number of carboxylic acids is 1. The standard InChI is InChI=1S/C26H40N2O3/c1-4-5-6-7-8-9-10-12-22-17-21(23(18-27)19-28-20(2)3)15-16-24(22)25(29)13-11-14-26(30)31/h10,12,15-20,25,29H,4-9,11,13-14,27H2,1-3H3,(H,30,31)/b12-10+,23-18+,28-19?. The predicted molar refractivity (Wildman–Crippen MR) is 131 cm³/mol. The summed E-state index contributed by atoms with van der Waals surface area (Å²) in [4.78, 5) is 15.2. The Morgan fingerprint density at radius 2 is 1.90 bits per heavy atom. The van der Waals surface area contributed by atoms with E-state index in [0.717, 1.165) is 35.1 Å². The lowest BCUT2D eigenvalue weighted by molar-refractivity contribution is -0.137. The van der Waals surface area contributed by atoms with Gasteiger partial charge in [-0.05, 0) is 62.3 Å². The first-order chi connectivity index (χ1) is 14.9. The number of benzene rings is 1. The van der Waals surface area contributed by atoms with Crippen LogP contribution in [0.1, 0.15) is 101 Å². The highest BCUT2D eigenvalue weighted by atomic mass is 16.4. The Morgan fingerprint density at radius 3 is 2.55 bits per heavy atom. The van der Waals surface area contributed by atoms with E-state index in [9.17, 15) is 9.90 Å². The fourth-order valence-corrected chi connectivity index (χ4v) is 3.32. The number of aliphatic carboxylic acids is 1. The molecule has 4 N–H and O–H groups in total. The van der Waals surface area contributed by atoms with Crippen LogP contribution in [0.3, 0.4) is 0 Å². The van der Waals surface area contributed by atoms with Gasteiger partial charge < -0.3 is 15.9 Å². The smallest absolute Gasteiger partial charge is 0.303 e. The van der Waals surface area contributed by atoms with Crippen LogP contribution in [-0.4, -0.2) is 28.4 Å². The van der Waals surface area contributed by atoms with Gasteiger partial charge >= 0.3 is 5.97 Å². The molecule has 1 aromatic carbocycles. The van der Waals surface area contributed by atoms with Crippen molar-refractivity contribution < 1.29 is 15.0 Å². The molecule has 0 saturated heterocycles. The van der Waals surface area contributed by atoms with Crippen molar-refractivity contribution in [3.05, 3.63) is 47.2 Å². The fraction of sp³-hybridized carbons (Fsp3) is 0.538. The van der Waals surface area contributed by atoms with Crippen LogP contribution in [0.15, 0.2) is 35.5 Å². The van der Waals surface area contributed by atoms with E-state index >= 15 is 0 Å². The van der Waals surface area contributed by atoms with Gasteiger partial charge in [0.1, 0.15) is 0 Å². The first-order valence-corrected chi connectivity index (χ1v) is 11.5. The third-order valence-electron chi connectivity index (χ3n) is 5.11. The van der Waals surface area contributed by atoms with Gasteiger partial charge in [-0.1, -0.05) is 56.9 Å². The molecule has 0 fully saturated rings. The van der Waals surface area contributed by atoms with Crippen molar-refractivity contribution in [2.24, 2.45) is 10.7 Å². The molecular formula is C26H40N2O3. The summed E-state index contributed by atoms with van der Waals surface area (Å²) in [5, 5.41) is 19.5. The zero-order valence-corrected chi connectivity index (χ0v) is 19.4. The van der Waals surface area contributed by atoms with Gasteiger partial charge in [0, 0.05) is 30.5 Å². The van der Waals surface area contributed by atoms with Gasteiger partial charge in [-0.2, -0.15) is 0 Å². The van der Waals surface area contributed by atoms with Crippen molar-refractivity contribution in [2.45, 2.75) is 90.7 Å². The number of nitrogens with zero attached hydrogens (tertiary/aromatic N) is 1. The highest BCUT2D eigenvalue weighted by Crippen LogP contribution is 2.27. The number of aliphatic hydroxyl groups is 1. The van der Waals surface area contributed by atoms with Crippen molar-refractivity contribution in [3.63, 3.8) is 0 Å². The van der Waals surface area contributed by atoms with Gasteiger partial charge in [0.25, 0.3) is 0 Å². The first-order valence-electron chi connectivity index (χ1n) is 11.5. The molecule has 0 radical (unpaired) electrons. The number of rotatable bonds is 15. The summed E-state index contributed by atoms with van der Waals surface area (Å²) in [5.74, 6) is -0.840. The van der Waals surface area contributed by atoms with Gasteiger partial charge in [0.2, 0.25) is 0 Å². The van der Waals surface area contributed by atoms with Crippen LogP contribution in [0.4, 0.5) is 0 Å². The number of allylic oxidation sites excluding steroid dienone is 2. The molecule has 0 spiro atoms. The molecule has 5 heteroatoms. The number of unbranched alkanes of at least 4 members (excludes halogenated alkanes) is 5. The van der Waals surface area contributed by atoms with Crippen LogP contribution in [0.2, 0.25) is 0 Å². The Morgan fingerprint density at radius 1 is 1.16 bits per heavy atom. The molecule has 0 aliphatic rings. The lowest BCUT2D eigenvalue weighted by atomic mass is 9.94. The number of aliphatic hydroxyl groups excluding tert-OH is 1. The maximum absolute atomic E-state index is 10.8. The van der Waals surface area contributed by atoms with E-state index in [1.54, 1.807) is 12.4 Å². The Balaban J connectivity index is 3.02. The van der Waals surface area contributed by atoms with Crippen molar-refractivity contribution >= 4 is 23.8 Å². The normalized spacial score (nSPS) is 13.5. The molecular weight excluding hydrogens is 388 g/mol. The lowest BCUT2D eigenvalue weighted by Gasteiger charge is -2.15. The maximum atomic E-state index is 10.8. The Hall–Kier alpha value is -2.40. The van der Waals surface area contributed by atoms with E-state index in [-0.39, 0.29) is 12.5 Å². The zero-order valence-electron chi connectivity index (χ0n) is 19.4. The molecule has 0 saturated carbocycles. The van der Waals surface area contributed by atoms with Crippen LogP contribution in [-0.2, 0) is 4.79 Å². The molecule has 1 atom stereocenters. The molecule has 0 amide bonds.